The molecule has 2 atom stereocenters. The predicted molar refractivity (Wildman–Crippen MR) is 59.3 cm³/mol. The van der Waals surface area contributed by atoms with Crippen molar-refractivity contribution in [2.75, 3.05) is 32.8 Å². The van der Waals surface area contributed by atoms with Crippen LogP contribution >= 0.6 is 0 Å². The molecule has 2 N–H and O–H groups in total. The van der Waals surface area contributed by atoms with Crippen LogP contribution in [0.1, 0.15) is 26.7 Å². The molecule has 1 saturated heterocycles. The predicted octanol–water partition coefficient (Wildman–Crippen LogP) is 1.08. The zero-order chi connectivity index (χ0) is 10.4. The third-order valence-electron chi connectivity index (χ3n) is 3.03. The molecule has 0 aromatic heterocycles. The highest BCUT2D eigenvalue weighted by atomic mass is 16.5. The molecule has 0 radical (unpaired) electrons. The van der Waals surface area contributed by atoms with E-state index in [4.69, 9.17) is 10.5 Å². The molecule has 1 fully saturated rings. The van der Waals surface area contributed by atoms with E-state index in [9.17, 15) is 0 Å². The van der Waals surface area contributed by atoms with Gasteiger partial charge in [0.05, 0.1) is 6.61 Å². The number of likely N-dealkylation sites (N-methyl/N-ethyl adjacent to an activating group) is 1. The number of hydrogen-bond donors (Lipinski definition) is 1. The number of nitrogens with two attached hydrogens (primary N) is 1. The zero-order valence-electron chi connectivity index (χ0n) is 9.54. The number of nitrogens with zero attached hydrogens (tertiary/aromatic N) is 1. The van der Waals surface area contributed by atoms with Crippen molar-refractivity contribution >= 4 is 0 Å². The molecular formula is C11H24N2O. The molecule has 0 aliphatic carbocycles. The summed E-state index contributed by atoms with van der Waals surface area (Å²) in [5.41, 5.74) is 6.16. The maximum Gasteiger partial charge on any atom is 0.0510 e. The lowest BCUT2D eigenvalue weighted by Gasteiger charge is -2.26. The Balaban J connectivity index is 2.25. The third-order valence-corrected chi connectivity index (χ3v) is 3.03. The van der Waals surface area contributed by atoms with Gasteiger partial charge in [0.25, 0.3) is 0 Å². The SMILES string of the molecule is CCCN(CC)CC(N)C1CCOC1. The quantitative estimate of drug-likeness (QED) is 0.697. The second-order valence-corrected chi connectivity index (χ2v) is 4.18. The van der Waals surface area contributed by atoms with Crippen molar-refractivity contribution in [2.45, 2.75) is 32.7 Å². The zero-order valence-corrected chi connectivity index (χ0v) is 9.54. The van der Waals surface area contributed by atoms with Crippen molar-refractivity contribution in [2.24, 2.45) is 11.7 Å². The minimum atomic E-state index is 0.295. The summed E-state index contributed by atoms with van der Waals surface area (Å²) in [6.45, 7) is 9.48. The molecule has 1 aliphatic rings. The molecule has 0 amide bonds. The summed E-state index contributed by atoms with van der Waals surface area (Å²) >= 11 is 0. The normalized spacial score (nSPS) is 24.4. The van der Waals surface area contributed by atoms with E-state index in [1.807, 2.05) is 0 Å². The summed E-state index contributed by atoms with van der Waals surface area (Å²) in [5.74, 6) is 0.584. The highest BCUT2D eigenvalue weighted by Crippen LogP contribution is 2.16. The molecule has 2 unspecified atom stereocenters. The molecule has 3 nitrogen and oxygen atoms in total. The fourth-order valence-electron chi connectivity index (χ4n) is 2.03. The molecule has 0 aromatic carbocycles. The van der Waals surface area contributed by atoms with Gasteiger partial charge in [-0.1, -0.05) is 13.8 Å². The first-order valence-electron chi connectivity index (χ1n) is 5.83. The average Bonchev–Trinajstić information content (AvgIpc) is 2.69. The minimum absolute atomic E-state index is 0.295. The van der Waals surface area contributed by atoms with Gasteiger partial charge in [0.15, 0.2) is 0 Å². The van der Waals surface area contributed by atoms with Crippen LogP contribution in [0.15, 0.2) is 0 Å². The van der Waals surface area contributed by atoms with Gasteiger partial charge in [-0.2, -0.15) is 0 Å². The van der Waals surface area contributed by atoms with Crippen molar-refractivity contribution < 1.29 is 4.74 Å². The van der Waals surface area contributed by atoms with Gasteiger partial charge in [-0.15, -0.1) is 0 Å². The maximum absolute atomic E-state index is 6.16. The molecule has 0 spiro atoms. The molecule has 84 valence electrons. The van der Waals surface area contributed by atoms with Gasteiger partial charge in [0.1, 0.15) is 0 Å². The topological polar surface area (TPSA) is 38.5 Å². The first-order chi connectivity index (χ1) is 6.77. The van der Waals surface area contributed by atoms with Crippen molar-refractivity contribution in [1.82, 2.24) is 4.90 Å². The molecule has 14 heavy (non-hydrogen) atoms. The van der Waals surface area contributed by atoms with E-state index in [0.29, 0.717) is 12.0 Å². The first-order valence-corrected chi connectivity index (χ1v) is 5.83. The van der Waals surface area contributed by atoms with Crippen LogP contribution in [-0.4, -0.2) is 43.8 Å². The van der Waals surface area contributed by atoms with Crippen molar-refractivity contribution in [1.29, 1.82) is 0 Å². The average molecular weight is 200 g/mol. The summed E-state index contributed by atoms with van der Waals surface area (Å²) in [5, 5.41) is 0. The fourth-order valence-corrected chi connectivity index (χ4v) is 2.03. The smallest absolute Gasteiger partial charge is 0.0510 e. The van der Waals surface area contributed by atoms with Gasteiger partial charge in [-0.25, -0.2) is 0 Å². The number of ether oxygens (including phenoxy) is 1. The van der Waals surface area contributed by atoms with E-state index in [-0.39, 0.29) is 0 Å². The fraction of sp³-hybridized carbons (Fsp3) is 1.00. The van der Waals surface area contributed by atoms with Gasteiger partial charge in [-0.05, 0) is 25.9 Å². The van der Waals surface area contributed by atoms with Gasteiger partial charge in [-0.3, -0.25) is 0 Å². The summed E-state index contributed by atoms with van der Waals surface area (Å²) in [4.78, 5) is 2.43. The van der Waals surface area contributed by atoms with Gasteiger partial charge < -0.3 is 15.4 Å². The van der Waals surface area contributed by atoms with Crippen LogP contribution in [-0.2, 0) is 4.74 Å². The Kier molecular flexibility index (Phi) is 5.45. The van der Waals surface area contributed by atoms with E-state index < -0.39 is 0 Å². The Morgan fingerprint density at radius 2 is 2.29 bits per heavy atom. The third kappa shape index (κ3) is 3.56. The lowest BCUT2D eigenvalue weighted by molar-refractivity contribution is 0.171. The minimum Gasteiger partial charge on any atom is -0.381 e. The van der Waals surface area contributed by atoms with Crippen molar-refractivity contribution in [3.63, 3.8) is 0 Å². The monoisotopic (exact) mass is 200 g/mol. The molecule has 1 rings (SSSR count). The van der Waals surface area contributed by atoms with Crippen LogP contribution in [0.2, 0.25) is 0 Å². The van der Waals surface area contributed by atoms with E-state index in [1.165, 1.54) is 6.42 Å². The van der Waals surface area contributed by atoms with Gasteiger partial charge >= 0.3 is 0 Å². The summed E-state index contributed by atoms with van der Waals surface area (Å²) in [6.07, 6.45) is 2.35. The maximum atomic E-state index is 6.16. The Bertz CT molecular complexity index is 146. The van der Waals surface area contributed by atoms with Crippen LogP contribution in [0.4, 0.5) is 0 Å². The Morgan fingerprint density at radius 3 is 2.79 bits per heavy atom. The van der Waals surface area contributed by atoms with E-state index >= 15 is 0 Å². The molecule has 0 aromatic rings. The lowest BCUT2D eigenvalue weighted by Crippen LogP contribution is -2.42. The summed E-state index contributed by atoms with van der Waals surface area (Å²) in [7, 11) is 0. The molecule has 0 saturated carbocycles. The van der Waals surface area contributed by atoms with Crippen molar-refractivity contribution in [3.05, 3.63) is 0 Å². The highest BCUT2D eigenvalue weighted by molar-refractivity contribution is 4.79. The van der Waals surface area contributed by atoms with Crippen LogP contribution in [0.25, 0.3) is 0 Å². The number of rotatable bonds is 6. The molecule has 3 heteroatoms. The molecular weight excluding hydrogens is 176 g/mol. The van der Waals surface area contributed by atoms with Crippen LogP contribution < -0.4 is 5.73 Å². The second kappa shape index (κ2) is 6.38. The van der Waals surface area contributed by atoms with E-state index in [2.05, 4.69) is 18.7 Å². The molecule has 1 aliphatic heterocycles. The summed E-state index contributed by atoms with van der Waals surface area (Å²) < 4.78 is 5.35. The number of hydrogen-bond acceptors (Lipinski definition) is 3. The molecule has 0 bridgehead atoms. The first kappa shape index (κ1) is 12.0. The Labute approximate surface area is 87.6 Å². The Morgan fingerprint density at radius 1 is 1.50 bits per heavy atom. The largest absolute Gasteiger partial charge is 0.381 e. The van der Waals surface area contributed by atoms with E-state index in [1.54, 1.807) is 0 Å². The van der Waals surface area contributed by atoms with Crippen LogP contribution in [0, 0.1) is 5.92 Å². The lowest BCUT2D eigenvalue weighted by atomic mass is 9.99. The highest BCUT2D eigenvalue weighted by Gasteiger charge is 2.23. The molecule has 1 heterocycles. The van der Waals surface area contributed by atoms with Gasteiger partial charge in [0, 0.05) is 25.1 Å². The van der Waals surface area contributed by atoms with E-state index in [0.717, 1.165) is 39.3 Å². The van der Waals surface area contributed by atoms with Gasteiger partial charge in [0.2, 0.25) is 0 Å². The van der Waals surface area contributed by atoms with Crippen LogP contribution in [0.5, 0.6) is 0 Å². The second-order valence-electron chi connectivity index (χ2n) is 4.18. The van der Waals surface area contributed by atoms with Crippen molar-refractivity contribution in [3.8, 4) is 0 Å². The summed E-state index contributed by atoms with van der Waals surface area (Å²) in [6, 6.07) is 0.295. The van der Waals surface area contributed by atoms with Crippen LogP contribution in [0.3, 0.4) is 0 Å². The standard InChI is InChI=1S/C11H24N2O/c1-3-6-13(4-2)8-11(12)10-5-7-14-9-10/h10-11H,3-9,12H2,1-2H3. The Hall–Kier alpha value is -0.120.